The van der Waals surface area contributed by atoms with E-state index < -0.39 is 27.4 Å². The van der Waals surface area contributed by atoms with Crippen LogP contribution in [-0.2, 0) is 9.53 Å². The second-order valence-corrected chi connectivity index (χ2v) is 8.48. The maximum atomic E-state index is 13.5. The Labute approximate surface area is 201 Å². The summed E-state index contributed by atoms with van der Waals surface area (Å²) in [6, 6.07) is 10.4. The van der Waals surface area contributed by atoms with Crippen LogP contribution in [0.3, 0.4) is 0 Å². The van der Waals surface area contributed by atoms with Crippen molar-refractivity contribution in [2.75, 3.05) is 6.61 Å². The molecule has 11 nitrogen and oxygen atoms in total. The molecule has 0 bridgehead atoms. The maximum absolute atomic E-state index is 13.5. The number of allylic oxidation sites excluding steroid dienone is 1. The van der Waals surface area contributed by atoms with Crippen LogP contribution in [0.25, 0.3) is 6.08 Å². The molecule has 1 unspecified atom stereocenters. The van der Waals surface area contributed by atoms with Gasteiger partial charge in [0.15, 0.2) is 4.80 Å². The van der Waals surface area contributed by atoms with Gasteiger partial charge in [-0.3, -0.25) is 29.6 Å². The monoisotopic (exact) mass is 494 g/mol. The Morgan fingerprint density at radius 1 is 1.14 bits per heavy atom. The van der Waals surface area contributed by atoms with Crippen molar-refractivity contribution in [1.29, 1.82) is 0 Å². The highest BCUT2D eigenvalue weighted by Gasteiger charge is 2.36. The molecule has 3 aromatic rings. The van der Waals surface area contributed by atoms with Gasteiger partial charge in [-0.2, -0.15) is 0 Å². The minimum atomic E-state index is -1.12. The normalized spacial score (nSPS) is 15.4. The van der Waals surface area contributed by atoms with Gasteiger partial charge in [0.25, 0.3) is 16.9 Å². The van der Waals surface area contributed by atoms with Crippen molar-refractivity contribution in [3.8, 4) is 0 Å². The Kier molecular flexibility index (Phi) is 6.38. The predicted molar refractivity (Wildman–Crippen MR) is 127 cm³/mol. The summed E-state index contributed by atoms with van der Waals surface area (Å²) in [5.41, 5.74) is 0.172. The first-order valence-corrected chi connectivity index (χ1v) is 11.2. The van der Waals surface area contributed by atoms with Crippen molar-refractivity contribution in [3.05, 3.63) is 111 Å². The van der Waals surface area contributed by atoms with Crippen LogP contribution < -0.4 is 14.9 Å². The zero-order valence-corrected chi connectivity index (χ0v) is 19.4. The highest BCUT2D eigenvalue weighted by atomic mass is 32.1. The van der Waals surface area contributed by atoms with E-state index in [1.807, 2.05) is 0 Å². The van der Waals surface area contributed by atoms with Crippen molar-refractivity contribution in [3.63, 3.8) is 0 Å². The van der Waals surface area contributed by atoms with E-state index >= 15 is 0 Å². The van der Waals surface area contributed by atoms with E-state index in [2.05, 4.69) is 4.99 Å². The summed E-state index contributed by atoms with van der Waals surface area (Å²) >= 11 is 1.05. The van der Waals surface area contributed by atoms with Crippen molar-refractivity contribution in [2.24, 2.45) is 4.99 Å². The lowest BCUT2D eigenvalue weighted by molar-refractivity contribution is -0.385. The molecule has 0 fully saturated rings. The zero-order valence-electron chi connectivity index (χ0n) is 18.5. The lowest BCUT2D eigenvalue weighted by Gasteiger charge is -2.24. The number of rotatable bonds is 6. The van der Waals surface area contributed by atoms with E-state index in [9.17, 15) is 29.8 Å². The third kappa shape index (κ3) is 4.38. The fourth-order valence-electron chi connectivity index (χ4n) is 3.81. The number of aromatic nitrogens is 1. The second-order valence-electron chi connectivity index (χ2n) is 7.47. The molecule has 35 heavy (non-hydrogen) atoms. The van der Waals surface area contributed by atoms with Gasteiger partial charge in [-0.05, 0) is 43.7 Å². The molecule has 2 heterocycles. The minimum absolute atomic E-state index is 0.0374. The Morgan fingerprint density at radius 3 is 2.46 bits per heavy atom. The summed E-state index contributed by atoms with van der Waals surface area (Å²) in [5.74, 6) is -0.721. The molecule has 0 spiro atoms. The third-order valence-electron chi connectivity index (χ3n) is 5.35. The molecule has 1 atom stereocenters. The summed E-state index contributed by atoms with van der Waals surface area (Å²) in [4.78, 5) is 52.7. The Morgan fingerprint density at radius 2 is 1.83 bits per heavy atom. The smallest absolute Gasteiger partial charge is 0.338 e. The molecule has 0 saturated carbocycles. The molecule has 0 amide bonds. The van der Waals surface area contributed by atoms with Crippen LogP contribution >= 0.6 is 11.3 Å². The summed E-state index contributed by atoms with van der Waals surface area (Å²) in [6.45, 7) is 3.29. The number of ether oxygens (including phenoxy) is 1. The number of nitro benzene ring substituents is 2. The molecule has 0 aliphatic carbocycles. The Balaban J connectivity index is 1.97. The van der Waals surface area contributed by atoms with Crippen LogP contribution in [0, 0.1) is 20.2 Å². The first kappa shape index (κ1) is 23.7. The van der Waals surface area contributed by atoms with Crippen molar-refractivity contribution in [1.82, 2.24) is 4.57 Å². The van der Waals surface area contributed by atoms with Gasteiger partial charge in [0.1, 0.15) is 6.04 Å². The van der Waals surface area contributed by atoms with Crippen LogP contribution in [0.4, 0.5) is 11.4 Å². The lowest BCUT2D eigenvalue weighted by Crippen LogP contribution is -2.40. The molecular formula is C23H18N4O7S. The second kappa shape index (κ2) is 9.43. The van der Waals surface area contributed by atoms with Gasteiger partial charge < -0.3 is 4.74 Å². The number of non-ortho nitro benzene ring substituents is 1. The van der Waals surface area contributed by atoms with Gasteiger partial charge in [0.05, 0.1) is 37.8 Å². The van der Waals surface area contributed by atoms with E-state index in [4.69, 9.17) is 4.74 Å². The molecule has 1 aliphatic rings. The number of hydrogen-bond donors (Lipinski definition) is 0. The third-order valence-corrected chi connectivity index (χ3v) is 6.33. The van der Waals surface area contributed by atoms with Gasteiger partial charge in [0, 0.05) is 18.2 Å². The van der Waals surface area contributed by atoms with Crippen LogP contribution in [0.1, 0.15) is 31.0 Å². The van der Waals surface area contributed by atoms with E-state index in [-0.39, 0.29) is 44.1 Å². The number of esters is 1. The van der Waals surface area contributed by atoms with E-state index in [0.717, 1.165) is 11.3 Å². The average Bonchev–Trinajstić information content (AvgIpc) is 3.13. The van der Waals surface area contributed by atoms with Crippen LogP contribution in [-0.4, -0.2) is 27.0 Å². The van der Waals surface area contributed by atoms with Gasteiger partial charge in [0.2, 0.25) is 0 Å². The van der Waals surface area contributed by atoms with E-state index in [1.165, 1.54) is 47.0 Å². The van der Waals surface area contributed by atoms with Crippen molar-refractivity contribution < 1.29 is 19.4 Å². The quantitative estimate of drug-likeness (QED) is 0.291. The van der Waals surface area contributed by atoms with Gasteiger partial charge in [-0.25, -0.2) is 9.79 Å². The van der Waals surface area contributed by atoms with Crippen molar-refractivity contribution in [2.45, 2.75) is 19.9 Å². The number of nitrogens with zero attached hydrogens (tertiary/aromatic N) is 4. The van der Waals surface area contributed by atoms with Gasteiger partial charge in [-0.1, -0.05) is 23.5 Å². The number of para-hydroxylation sites is 1. The Hall–Kier alpha value is -4.45. The predicted octanol–water partition coefficient (Wildman–Crippen LogP) is 2.61. The summed E-state index contributed by atoms with van der Waals surface area (Å²) in [7, 11) is 0. The topological polar surface area (TPSA) is 147 Å². The summed E-state index contributed by atoms with van der Waals surface area (Å²) in [6.07, 6.45) is 1.55. The average molecular weight is 494 g/mol. The zero-order chi connectivity index (χ0) is 25.3. The number of carbonyl (C=O) groups is 1. The van der Waals surface area contributed by atoms with Crippen LogP contribution in [0.15, 0.2) is 69.6 Å². The largest absolute Gasteiger partial charge is 0.463 e. The highest BCUT2D eigenvalue weighted by molar-refractivity contribution is 7.07. The highest BCUT2D eigenvalue weighted by Crippen LogP contribution is 2.35. The molecule has 12 heteroatoms. The van der Waals surface area contributed by atoms with Gasteiger partial charge >= 0.3 is 5.97 Å². The first-order valence-electron chi connectivity index (χ1n) is 10.4. The molecular weight excluding hydrogens is 476 g/mol. The lowest BCUT2D eigenvalue weighted by atomic mass is 9.94. The van der Waals surface area contributed by atoms with Gasteiger partial charge in [-0.15, -0.1) is 0 Å². The number of nitro groups is 2. The molecule has 4 rings (SSSR count). The molecule has 178 valence electrons. The minimum Gasteiger partial charge on any atom is -0.463 e. The number of thiazole rings is 1. The number of hydrogen-bond acceptors (Lipinski definition) is 9. The maximum Gasteiger partial charge on any atom is 0.338 e. The molecule has 0 saturated heterocycles. The fraction of sp³-hybridized carbons (Fsp3) is 0.174. The summed E-state index contributed by atoms with van der Waals surface area (Å²) < 4.78 is 6.69. The number of carbonyl (C=O) groups excluding carboxylic acids is 1. The van der Waals surface area contributed by atoms with Crippen molar-refractivity contribution >= 4 is 34.8 Å². The molecule has 1 aromatic heterocycles. The first-order chi connectivity index (χ1) is 16.7. The van der Waals surface area contributed by atoms with E-state index in [0.29, 0.717) is 5.56 Å². The molecule has 2 aromatic carbocycles. The molecule has 0 N–H and O–H groups in total. The number of benzene rings is 2. The molecule has 1 aliphatic heterocycles. The molecule has 0 radical (unpaired) electrons. The Bertz CT molecular complexity index is 1570. The summed E-state index contributed by atoms with van der Waals surface area (Å²) in [5, 5.41) is 22.7. The number of fused-ring (bicyclic) bond motifs is 1. The van der Waals surface area contributed by atoms with Crippen LogP contribution in [0.2, 0.25) is 0 Å². The van der Waals surface area contributed by atoms with E-state index in [1.54, 1.807) is 26.0 Å². The fourth-order valence-corrected chi connectivity index (χ4v) is 4.86. The SMILES string of the molecule is CCOC(=O)C1=C(C)N=c2sc(=Cc3ccc([N+](=O)[O-])cc3)c(=O)n2C1c1ccccc1[N+](=O)[O-]. The van der Waals surface area contributed by atoms with Crippen LogP contribution in [0.5, 0.6) is 0 Å². The standard InChI is InChI=1S/C23H18N4O7S/c1-3-34-22(29)19-13(2)24-23-25(20(19)16-6-4-5-7-17(16)27(32)33)21(28)18(35-23)12-14-8-10-15(11-9-14)26(30)31/h4-12,20H,3H2,1-2H3.